The number of carboxylic acids is 1. The Morgan fingerprint density at radius 1 is 1.28 bits per heavy atom. The number of hydrogen-bond acceptors (Lipinski definition) is 3. The fourth-order valence-electron chi connectivity index (χ4n) is 1.65. The Labute approximate surface area is 103 Å². The molecule has 0 aromatic heterocycles. The van der Waals surface area contributed by atoms with Crippen LogP contribution in [0, 0.1) is 17.6 Å². The lowest BCUT2D eigenvalue weighted by molar-refractivity contribution is -0.141. The third-order valence-corrected chi connectivity index (χ3v) is 2.58. The second-order valence-corrected chi connectivity index (χ2v) is 3.83. The summed E-state index contributed by atoms with van der Waals surface area (Å²) in [4.78, 5) is 10.8. The molecule has 1 aromatic carbocycles. The van der Waals surface area contributed by atoms with Crippen molar-refractivity contribution in [1.82, 2.24) is 0 Å². The van der Waals surface area contributed by atoms with E-state index >= 15 is 0 Å². The molecule has 0 amide bonds. The summed E-state index contributed by atoms with van der Waals surface area (Å²) in [5, 5.41) is 8.84. The van der Waals surface area contributed by atoms with E-state index in [4.69, 9.17) is 14.6 Å². The lowest BCUT2D eigenvalue weighted by Gasteiger charge is -2.16. The van der Waals surface area contributed by atoms with Gasteiger partial charge in [0.25, 0.3) is 0 Å². The molecule has 0 heterocycles. The molecule has 0 radical (unpaired) electrons. The summed E-state index contributed by atoms with van der Waals surface area (Å²) in [6, 6.07) is 0.645. The van der Waals surface area contributed by atoms with Gasteiger partial charge in [0, 0.05) is 11.6 Å². The van der Waals surface area contributed by atoms with E-state index in [2.05, 4.69) is 0 Å². The molecule has 1 rings (SSSR count). The first kappa shape index (κ1) is 14.2. The summed E-state index contributed by atoms with van der Waals surface area (Å²) in [7, 11) is 2.45. The maximum absolute atomic E-state index is 13.5. The Balaban J connectivity index is 3.32. The fraction of sp³-hybridized carbons (Fsp3) is 0.417. The van der Waals surface area contributed by atoms with Crippen molar-refractivity contribution >= 4 is 5.97 Å². The molecular weight excluding hydrogens is 246 g/mol. The summed E-state index contributed by atoms with van der Waals surface area (Å²) in [6.45, 7) is 1.43. The second-order valence-electron chi connectivity index (χ2n) is 3.83. The highest BCUT2D eigenvalue weighted by Gasteiger charge is 2.24. The molecule has 1 unspecified atom stereocenters. The monoisotopic (exact) mass is 260 g/mol. The van der Waals surface area contributed by atoms with Gasteiger partial charge >= 0.3 is 5.97 Å². The molecule has 100 valence electrons. The van der Waals surface area contributed by atoms with Crippen molar-refractivity contribution in [3.8, 4) is 11.5 Å². The lowest BCUT2D eigenvalue weighted by atomic mass is 9.99. The number of methoxy groups -OCH3 is 2. The number of aliphatic carboxylic acids is 1. The first-order valence-electron chi connectivity index (χ1n) is 5.24. The van der Waals surface area contributed by atoms with Crippen molar-refractivity contribution in [2.75, 3.05) is 14.2 Å². The number of rotatable bonds is 5. The van der Waals surface area contributed by atoms with E-state index in [9.17, 15) is 13.6 Å². The Hall–Kier alpha value is -1.85. The average molecular weight is 260 g/mol. The van der Waals surface area contributed by atoms with Crippen LogP contribution < -0.4 is 9.47 Å². The number of carbonyl (C=O) groups is 1. The van der Waals surface area contributed by atoms with Crippen LogP contribution in [0.1, 0.15) is 12.5 Å². The van der Waals surface area contributed by atoms with E-state index in [1.807, 2.05) is 0 Å². The third-order valence-electron chi connectivity index (χ3n) is 2.58. The SMILES string of the molecule is COc1c(F)cc(F)c(OC)c1CC(C)C(=O)O. The van der Waals surface area contributed by atoms with E-state index in [0.717, 1.165) is 0 Å². The zero-order valence-electron chi connectivity index (χ0n) is 10.3. The first-order chi connectivity index (χ1) is 8.42. The van der Waals surface area contributed by atoms with Crippen molar-refractivity contribution in [3.63, 3.8) is 0 Å². The smallest absolute Gasteiger partial charge is 0.306 e. The molecule has 1 aromatic rings. The minimum atomic E-state index is -1.07. The van der Waals surface area contributed by atoms with E-state index in [1.165, 1.54) is 21.1 Å². The van der Waals surface area contributed by atoms with Crippen LogP contribution in [0.15, 0.2) is 6.07 Å². The van der Waals surface area contributed by atoms with Gasteiger partial charge in [-0.25, -0.2) is 8.78 Å². The van der Waals surface area contributed by atoms with Crippen molar-refractivity contribution in [2.24, 2.45) is 5.92 Å². The van der Waals surface area contributed by atoms with Gasteiger partial charge in [0.2, 0.25) is 0 Å². The Morgan fingerprint density at radius 2 is 1.72 bits per heavy atom. The summed E-state index contributed by atoms with van der Waals surface area (Å²) in [5.74, 6) is -4.03. The summed E-state index contributed by atoms with van der Waals surface area (Å²) in [6.07, 6.45) is -0.0869. The van der Waals surface area contributed by atoms with Crippen LogP contribution in [0.25, 0.3) is 0 Å². The lowest BCUT2D eigenvalue weighted by Crippen LogP contribution is -2.14. The zero-order chi connectivity index (χ0) is 13.9. The van der Waals surface area contributed by atoms with Crippen molar-refractivity contribution in [3.05, 3.63) is 23.3 Å². The van der Waals surface area contributed by atoms with E-state index in [1.54, 1.807) is 0 Å². The predicted octanol–water partition coefficient (Wildman–Crippen LogP) is 2.25. The molecule has 0 fully saturated rings. The highest BCUT2D eigenvalue weighted by molar-refractivity contribution is 5.70. The standard InChI is InChI=1S/C12H14F2O4/c1-6(12(15)16)4-7-10(17-2)8(13)5-9(14)11(7)18-3/h5-6H,4H2,1-3H3,(H,15,16). The maximum atomic E-state index is 13.5. The molecule has 4 nitrogen and oxygen atoms in total. The molecule has 0 aliphatic carbocycles. The highest BCUT2D eigenvalue weighted by Crippen LogP contribution is 2.35. The number of ether oxygens (including phenoxy) is 2. The highest BCUT2D eigenvalue weighted by atomic mass is 19.1. The topological polar surface area (TPSA) is 55.8 Å². The van der Waals surface area contributed by atoms with Gasteiger partial charge in [-0.2, -0.15) is 0 Å². The van der Waals surface area contributed by atoms with E-state index in [0.29, 0.717) is 6.07 Å². The second kappa shape index (κ2) is 5.66. The number of halogens is 2. The normalized spacial score (nSPS) is 12.1. The maximum Gasteiger partial charge on any atom is 0.306 e. The third kappa shape index (κ3) is 2.69. The minimum absolute atomic E-state index is 0.0763. The quantitative estimate of drug-likeness (QED) is 0.882. The fourth-order valence-corrected chi connectivity index (χ4v) is 1.65. The first-order valence-corrected chi connectivity index (χ1v) is 5.24. The van der Waals surface area contributed by atoms with Crippen LogP contribution in [0.4, 0.5) is 8.78 Å². The molecule has 0 saturated carbocycles. The Bertz CT molecular complexity index is 432. The molecule has 1 atom stereocenters. The summed E-state index contributed by atoms with van der Waals surface area (Å²) < 4.78 is 36.7. The number of carboxylic acid groups (broad SMARTS) is 1. The average Bonchev–Trinajstić information content (AvgIpc) is 2.29. The van der Waals surface area contributed by atoms with Crippen molar-refractivity contribution in [2.45, 2.75) is 13.3 Å². The Morgan fingerprint density at radius 3 is 2.06 bits per heavy atom. The van der Waals surface area contributed by atoms with Crippen LogP contribution in [0.5, 0.6) is 11.5 Å². The molecule has 0 aliphatic rings. The number of hydrogen-bond donors (Lipinski definition) is 1. The molecule has 1 N–H and O–H groups in total. The van der Waals surface area contributed by atoms with Gasteiger partial charge in [0.15, 0.2) is 23.1 Å². The van der Waals surface area contributed by atoms with Crippen LogP contribution in [-0.2, 0) is 11.2 Å². The van der Waals surface area contributed by atoms with Gasteiger partial charge in [0.1, 0.15) is 0 Å². The van der Waals surface area contributed by atoms with Crippen LogP contribution >= 0.6 is 0 Å². The molecule has 0 spiro atoms. The van der Waals surface area contributed by atoms with Crippen LogP contribution in [0.2, 0.25) is 0 Å². The van der Waals surface area contributed by atoms with Gasteiger partial charge in [-0.1, -0.05) is 6.92 Å². The van der Waals surface area contributed by atoms with E-state index < -0.39 is 23.5 Å². The molecule has 0 bridgehead atoms. The van der Waals surface area contributed by atoms with Gasteiger partial charge in [-0.3, -0.25) is 4.79 Å². The molecule has 0 saturated heterocycles. The minimum Gasteiger partial charge on any atom is -0.493 e. The molecule has 6 heteroatoms. The Kier molecular flexibility index (Phi) is 4.47. The summed E-state index contributed by atoms with van der Waals surface area (Å²) >= 11 is 0. The molecular formula is C12H14F2O4. The van der Waals surface area contributed by atoms with Gasteiger partial charge in [-0.05, 0) is 6.42 Å². The molecule has 0 aliphatic heterocycles. The largest absolute Gasteiger partial charge is 0.493 e. The van der Waals surface area contributed by atoms with Gasteiger partial charge in [0.05, 0.1) is 20.1 Å². The van der Waals surface area contributed by atoms with Crippen molar-refractivity contribution < 1.29 is 28.2 Å². The van der Waals surface area contributed by atoms with Crippen LogP contribution in [-0.4, -0.2) is 25.3 Å². The predicted molar refractivity (Wildman–Crippen MR) is 60.0 cm³/mol. The van der Waals surface area contributed by atoms with Gasteiger partial charge < -0.3 is 14.6 Å². The van der Waals surface area contributed by atoms with E-state index in [-0.39, 0.29) is 23.5 Å². The number of benzene rings is 1. The zero-order valence-corrected chi connectivity index (χ0v) is 10.3. The van der Waals surface area contributed by atoms with Gasteiger partial charge in [-0.15, -0.1) is 0 Å². The summed E-state index contributed by atoms with van der Waals surface area (Å²) in [5.41, 5.74) is 0.0763. The molecule has 18 heavy (non-hydrogen) atoms. The van der Waals surface area contributed by atoms with Crippen molar-refractivity contribution in [1.29, 1.82) is 0 Å². The van der Waals surface area contributed by atoms with Crippen LogP contribution in [0.3, 0.4) is 0 Å².